The molecular weight excluding hydrogens is 353 g/mol. The van der Waals surface area contributed by atoms with Crippen LogP contribution in [0.3, 0.4) is 0 Å². The van der Waals surface area contributed by atoms with Gasteiger partial charge in [-0.25, -0.2) is 0 Å². The predicted octanol–water partition coefficient (Wildman–Crippen LogP) is 3.35. The van der Waals surface area contributed by atoms with Crippen molar-refractivity contribution in [2.45, 2.75) is 31.8 Å². The summed E-state index contributed by atoms with van der Waals surface area (Å²) in [4.78, 5) is 19.3. The van der Waals surface area contributed by atoms with Gasteiger partial charge in [0.05, 0.1) is 0 Å². The van der Waals surface area contributed by atoms with Gasteiger partial charge in [0.1, 0.15) is 5.69 Å². The van der Waals surface area contributed by atoms with E-state index in [1.807, 2.05) is 17.5 Å². The van der Waals surface area contributed by atoms with Crippen molar-refractivity contribution >= 4 is 52.1 Å². The molecule has 2 atom stereocenters. The van der Waals surface area contributed by atoms with E-state index in [2.05, 4.69) is 22.1 Å². The normalized spacial score (nSPS) is 28.7. The first-order valence-electron chi connectivity index (χ1n) is 7.60. The highest BCUT2D eigenvalue weighted by molar-refractivity contribution is 7.17. The summed E-state index contributed by atoms with van der Waals surface area (Å²) in [5, 5.41) is 6.37. The van der Waals surface area contributed by atoms with Crippen molar-refractivity contribution in [1.82, 2.24) is 15.2 Å². The second-order valence-electron chi connectivity index (χ2n) is 6.14. The lowest BCUT2D eigenvalue weighted by Gasteiger charge is -2.49. The first kappa shape index (κ1) is 18.5. The first-order valence-corrected chi connectivity index (χ1v) is 8.48. The van der Waals surface area contributed by atoms with Crippen LogP contribution < -0.4 is 5.32 Å². The molecule has 0 aliphatic carbocycles. The minimum atomic E-state index is -0.0316. The zero-order valence-electron chi connectivity index (χ0n) is 12.9. The van der Waals surface area contributed by atoms with Crippen LogP contribution >= 0.6 is 36.2 Å². The molecule has 0 unspecified atom stereocenters. The Labute approximate surface area is 152 Å². The van der Waals surface area contributed by atoms with Crippen LogP contribution in [0.15, 0.2) is 23.7 Å². The van der Waals surface area contributed by atoms with E-state index in [1.54, 1.807) is 17.5 Å². The fraction of sp³-hybridized carbons (Fsp3) is 0.500. The molecule has 1 amide bonds. The molecule has 23 heavy (non-hydrogen) atoms. The van der Waals surface area contributed by atoms with Crippen LogP contribution in [0.1, 0.15) is 30.3 Å². The molecule has 0 saturated carbocycles. The average molecular weight is 374 g/mol. The Morgan fingerprint density at radius 2 is 2.09 bits per heavy atom. The number of rotatable bonds is 2. The van der Waals surface area contributed by atoms with E-state index in [-0.39, 0.29) is 36.8 Å². The highest BCUT2D eigenvalue weighted by atomic mass is 35.5. The molecule has 3 fully saturated rings. The zero-order valence-corrected chi connectivity index (χ0v) is 15.3. The van der Waals surface area contributed by atoms with Crippen LogP contribution in [-0.2, 0) is 0 Å². The third-order valence-electron chi connectivity index (χ3n) is 5.05. The van der Waals surface area contributed by atoms with Crippen molar-refractivity contribution in [1.29, 1.82) is 0 Å². The summed E-state index contributed by atoms with van der Waals surface area (Å²) < 4.78 is 1.12. The smallest absolute Gasteiger partial charge is 0.270 e. The van der Waals surface area contributed by atoms with E-state index in [1.165, 1.54) is 25.9 Å². The Morgan fingerprint density at radius 3 is 2.78 bits per heavy atom. The van der Waals surface area contributed by atoms with Gasteiger partial charge in [0.25, 0.3) is 5.91 Å². The Kier molecular flexibility index (Phi) is 5.89. The van der Waals surface area contributed by atoms with E-state index in [0.717, 1.165) is 10.1 Å². The predicted molar refractivity (Wildman–Crippen MR) is 99.1 cm³/mol. The number of thiophene rings is 1. The molecule has 7 heteroatoms. The van der Waals surface area contributed by atoms with Gasteiger partial charge in [-0.3, -0.25) is 14.7 Å². The standard InChI is InChI=1S/C16H19N3OS.2ClH/c1-10-15(11-2-5-19(10)6-3-11)18-16(20)13-8-14-12(9-17-13)4-7-21-14;;/h4,7-11,15H,2-3,5-6H2,1H3,(H,18,20);2*1H/t10-,15-;;/m0../s1. The molecule has 3 saturated heterocycles. The topological polar surface area (TPSA) is 45.2 Å². The number of aromatic nitrogens is 1. The number of amides is 1. The second kappa shape index (κ2) is 7.34. The summed E-state index contributed by atoms with van der Waals surface area (Å²) in [5.41, 5.74) is 0.536. The van der Waals surface area contributed by atoms with E-state index in [9.17, 15) is 4.79 Å². The lowest BCUT2D eigenvalue weighted by molar-refractivity contribution is 0.0216. The largest absolute Gasteiger partial charge is 0.346 e. The van der Waals surface area contributed by atoms with Gasteiger partial charge in [-0.15, -0.1) is 36.2 Å². The number of carbonyl (C=O) groups excluding carboxylic acids is 1. The molecule has 5 heterocycles. The van der Waals surface area contributed by atoms with Crippen molar-refractivity contribution in [3.63, 3.8) is 0 Å². The Morgan fingerprint density at radius 1 is 1.35 bits per heavy atom. The molecule has 0 spiro atoms. The molecule has 3 aliphatic rings. The number of nitrogens with zero attached hydrogens (tertiary/aromatic N) is 2. The summed E-state index contributed by atoms with van der Waals surface area (Å²) in [6.07, 6.45) is 4.19. The van der Waals surface area contributed by atoms with Crippen LogP contribution in [0.2, 0.25) is 0 Å². The maximum atomic E-state index is 12.5. The first-order chi connectivity index (χ1) is 10.2. The fourth-order valence-electron chi connectivity index (χ4n) is 3.75. The van der Waals surface area contributed by atoms with Gasteiger partial charge < -0.3 is 5.32 Å². The van der Waals surface area contributed by atoms with Crippen LogP contribution in [0.25, 0.3) is 10.1 Å². The lowest BCUT2D eigenvalue weighted by atomic mass is 9.79. The average Bonchev–Trinajstić information content (AvgIpc) is 2.98. The van der Waals surface area contributed by atoms with Gasteiger partial charge in [0.15, 0.2) is 0 Å². The van der Waals surface area contributed by atoms with Crippen molar-refractivity contribution in [3.05, 3.63) is 29.4 Å². The molecular formula is C16H21Cl2N3OS. The summed E-state index contributed by atoms with van der Waals surface area (Å²) in [5.74, 6) is 0.593. The fourth-order valence-corrected chi connectivity index (χ4v) is 4.55. The number of fused-ring (bicyclic) bond motifs is 4. The van der Waals surface area contributed by atoms with E-state index < -0.39 is 0 Å². The molecule has 4 nitrogen and oxygen atoms in total. The lowest BCUT2D eigenvalue weighted by Crippen LogP contribution is -2.62. The molecule has 3 aliphatic heterocycles. The summed E-state index contributed by atoms with van der Waals surface area (Å²) >= 11 is 1.65. The van der Waals surface area contributed by atoms with Crippen molar-refractivity contribution in [2.75, 3.05) is 13.1 Å². The number of hydrogen-bond acceptors (Lipinski definition) is 4. The molecule has 0 radical (unpaired) electrons. The molecule has 0 aromatic carbocycles. The molecule has 2 bridgehead atoms. The van der Waals surface area contributed by atoms with E-state index >= 15 is 0 Å². The minimum absolute atomic E-state index is 0. The van der Waals surface area contributed by atoms with Gasteiger partial charge in [0, 0.05) is 28.4 Å². The molecule has 2 aromatic heterocycles. The monoisotopic (exact) mass is 373 g/mol. The quantitative estimate of drug-likeness (QED) is 0.877. The van der Waals surface area contributed by atoms with Crippen molar-refractivity contribution in [3.8, 4) is 0 Å². The third kappa shape index (κ3) is 3.33. The van der Waals surface area contributed by atoms with Crippen molar-refractivity contribution in [2.24, 2.45) is 5.92 Å². The summed E-state index contributed by atoms with van der Waals surface area (Å²) in [6, 6.07) is 4.64. The summed E-state index contributed by atoms with van der Waals surface area (Å²) in [7, 11) is 0. The SMILES string of the molecule is C[C@H]1[C@H](NC(=O)c2cc3sccc3cn2)C2CCN1CC2.Cl.Cl. The van der Waals surface area contributed by atoms with Gasteiger partial charge in [-0.05, 0) is 56.3 Å². The third-order valence-corrected chi connectivity index (χ3v) is 5.93. The van der Waals surface area contributed by atoms with Crippen LogP contribution in [-0.4, -0.2) is 41.0 Å². The highest BCUT2D eigenvalue weighted by Crippen LogP contribution is 2.32. The van der Waals surface area contributed by atoms with Crippen LogP contribution in [0, 0.1) is 5.92 Å². The van der Waals surface area contributed by atoms with Gasteiger partial charge in [-0.2, -0.15) is 0 Å². The Bertz CT molecular complexity index is 683. The Hall–Kier alpha value is -0.880. The van der Waals surface area contributed by atoms with Crippen molar-refractivity contribution < 1.29 is 4.79 Å². The van der Waals surface area contributed by atoms with Gasteiger partial charge >= 0.3 is 0 Å². The maximum absolute atomic E-state index is 12.5. The van der Waals surface area contributed by atoms with Gasteiger partial charge in [0.2, 0.25) is 0 Å². The second-order valence-corrected chi connectivity index (χ2v) is 7.09. The summed E-state index contributed by atoms with van der Waals surface area (Å²) in [6.45, 7) is 4.58. The number of halogens is 2. The number of carbonyl (C=O) groups is 1. The van der Waals surface area contributed by atoms with E-state index in [0.29, 0.717) is 17.7 Å². The number of nitrogens with one attached hydrogen (secondary N) is 1. The van der Waals surface area contributed by atoms with Gasteiger partial charge in [-0.1, -0.05) is 0 Å². The molecule has 126 valence electrons. The number of piperidine rings is 3. The maximum Gasteiger partial charge on any atom is 0.270 e. The van der Waals surface area contributed by atoms with E-state index in [4.69, 9.17) is 0 Å². The molecule has 2 aromatic rings. The number of pyridine rings is 1. The zero-order chi connectivity index (χ0) is 14.4. The molecule has 1 N–H and O–H groups in total. The van der Waals surface area contributed by atoms with Crippen LogP contribution in [0.4, 0.5) is 0 Å². The highest BCUT2D eigenvalue weighted by Gasteiger charge is 2.40. The number of hydrogen-bond donors (Lipinski definition) is 1. The Balaban J connectivity index is 0.000000960. The van der Waals surface area contributed by atoms with Crippen LogP contribution in [0.5, 0.6) is 0 Å². The molecule has 5 rings (SSSR count). The minimum Gasteiger partial charge on any atom is -0.346 e.